The van der Waals surface area contributed by atoms with Crippen molar-refractivity contribution in [2.75, 3.05) is 12.5 Å². The predicted octanol–water partition coefficient (Wildman–Crippen LogP) is 4.80. The van der Waals surface area contributed by atoms with Gasteiger partial charge in [-0.1, -0.05) is 48.5 Å². The average Bonchev–Trinajstić information content (AvgIpc) is 2.94. The molecule has 0 spiro atoms. The summed E-state index contributed by atoms with van der Waals surface area (Å²) in [5.41, 5.74) is 11.2. The molecule has 0 radical (unpaired) electrons. The van der Waals surface area contributed by atoms with E-state index < -0.39 is 0 Å². The molecule has 3 aromatic carbocycles. The van der Waals surface area contributed by atoms with E-state index in [0.29, 0.717) is 0 Å². The minimum Gasteiger partial charge on any atom is -0.455 e. The monoisotopic (exact) mass is 288 g/mol. The minimum absolute atomic E-state index is 0.925. The normalized spacial score (nSPS) is 11.1. The molecule has 2 N–H and O–H groups in total. The third kappa shape index (κ3) is 2.03. The zero-order valence-electron chi connectivity index (χ0n) is 12.3. The smallest absolute Gasteiger partial charge is 0.143 e. The molecule has 3 heteroatoms. The van der Waals surface area contributed by atoms with Gasteiger partial charge >= 0.3 is 0 Å². The van der Waals surface area contributed by atoms with E-state index in [1.807, 2.05) is 37.4 Å². The van der Waals surface area contributed by atoms with Crippen LogP contribution in [0.5, 0.6) is 0 Å². The molecule has 3 nitrogen and oxygen atoms in total. The Morgan fingerprint density at radius 3 is 2.55 bits per heavy atom. The van der Waals surface area contributed by atoms with Crippen molar-refractivity contribution in [3.8, 4) is 11.1 Å². The zero-order chi connectivity index (χ0) is 14.9. The molecular formula is C19H16N2O. The first-order valence-corrected chi connectivity index (χ1v) is 7.30. The van der Waals surface area contributed by atoms with Crippen LogP contribution >= 0.6 is 0 Å². The second-order valence-electron chi connectivity index (χ2n) is 5.24. The van der Waals surface area contributed by atoms with Crippen LogP contribution in [-0.4, -0.2) is 7.05 Å². The molecule has 1 aromatic heterocycles. The molecule has 4 rings (SSSR count). The summed E-state index contributed by atoms with van der Waals surface area (Å²) in [6.07, 6.45) is 0. The van der Waals surface area contributed by atoms with Gasteiger partial charge in [-0.2, -0.15) is 0 Å². The fraction of sp³-hybridized carbons (Fsp3) is 0.0526. The van der Waals surface area contributed by atoms with Gasteiger partial charge in [-0.15, -0.1) is 0 Å². The molecule has 0 aliphatic heterocycles. The Bertz CT molecular complexity index is 956. The van der Waals surface area contributed by atoms with Crippen LogP contribution < -0.4 is 10.9 Å². The molecule has 22 heavy (non-hydrogen) atoms. The highest BCUT2D eigenvalue weighted by Crippen LogP contribution is 2.36. The van der Waals surface area contributed by atoms with Gasteiger partial charge in [0.1, 0.15) is 11.2 Å². The summed E-state index contributed by atoms with van der Waals surface area (Å²) in [7, 11) is 1.85. The molecule has 0 aliphatic rings. The Morgan fingerprint density at radius 1 is 0.818 bits per heavy atom. The second kappa shape index (κ2) is 5.20. The van der Waals surface area contributed by atoms with E-state index in [1.54, 1.807) is 0 Å². The molecule has 108 valence electrons. The second-order valence-corrected chi connectivity index (χ2v) is 5.24. The third-order valence-electron chi connectivity index (χ3n) is 3.85. The SMILES string of the molecule is CNNc1cccc(-c2cccc3c2oc2ccccc23)c1. The molecule has 1 heterocycles. The molecule has 0 saturated heterocycles. The van der Waals surface area contributed by atoms with Gasteiger partial charge in [0.05, 0.1) is 0 Å². The van der Waals surface area contributed by atoms with Crippen LogP contribution in [-0.2, 0) is 0 Å². The van der Waals surface area contributed by atoms with Crippen LogP contribution in [0, 0.1) is 0 Å². The highest BCUT2D eigenvalue weighted by molar-refractivity contribution is 6.09. The van der Waals surface area contributed by atoms with Crippen molar-refractivity contribution in [3.05, 3.63) is 66.7 Å². The van der Waals surface area contributed by atoms with Crippen LogP contribution in [0.4, 0.5) is 5.69 Å². The van der Waals surface area contributed by atoms with Gasteiger partial charge in [0.2, 0.25) is 0 Å². The Morgan fingerprint density at radius 2 is 1.64 bits per heavy atom. The van der Waals surface area contributed by atoms with Crippen LogP contribution in [0.3, 0.4) is 0 Å². The topological polar surface area (TPSA) is 37.2 Å². The minimum atomic E-state index is 0.925. The van der Waals surface area contributed by atoms with Crippen molar-refractivity contribution < 1.29 is 4.42 Å². The van der Waals surface area contributed by atoms with E-state index in [9.17, 15) is 0 Å². The molecule has 0 amide bonds. The largest absolute Gasteiger partial charge is 0.455 e. The first-order chi connectivity index (χ1) is 10.9. The fourth-order valence-electron chi connectivity index (χ4n) is 2.88. The standard InChI is InChI=1S/C19H16N2O/c1-20-21-14-7-4-6-13(12-14)15-9-5-10-17-16-8-2-3-11-18(16)22-19(15)17/h2-12,20-21H,1H3. The summed E-state index contributed by atoms with van der Waals surface area (Å²) >= 11 is 0. The lowest BCUT2D eigenvalue weighted by atomic mass is 10.0. The number of para-hydroxylation sites is 2. The van der Waals surface area contributed by atoms with Gasteiger partial charge in [-0.05, 0) is 23.8 Å². The number of nitrogens with one attached hydrogen (secondary N) is 2. The number of benzene rings is 3. The number of anilines is 1. The van der Waals surface area contributed by atoms with Crippen LogP contribution in [0.15, 0.2) is 71.1 Å². The Kier molecular flexibility index (Phi) is 3.06. The van der Waals surface area contributed by atoms with Crippen molar-refractivity contribution in [3.63, 3.8) is 0 Å². The summed E-state index contributed by atoms with van der Waals surface area (Å²) in [6, 6.07) is 22.7. The van der Waals surface area contributed by atoms with Gasteiger partial charge in [0, 0.05) is 29.1 Å². The number of hydrogen-bond acceptors (Lipinski definition) is 3. The van der Waals surface area contributed by atoms with Crippen molar-refractivity contribution in [2.45, 2.75) is 0 Å². The molecule has 0 atom stereocenters. The van der Waals surface area contributed by atoms with Gasteiger partial charge in [0.25, 0.3) is 0 Å². The number of hydrazine groups is 1. The fourth-order valence-corrected chi connectivity index (χ4v) is 2.88. The third-order valence-corrected chi connectivity index (χ3v) is 3.85. The maximum absolute atomic E-state index is 6.10. The summed E-state index contributed by atoms with van der Waals surface area (Å²) in [6.45, 7) is 0. The maximum Gasteiger partial charge on any atom is 0.143 e. The lowest BCUT2D eigenvalue weighted by Crippen LogP contribution is -2.14. The van der Waals surface area contributed by atoms with Crippen LogP contribution in [0.25, 0.3) is 33.1 Å². The van der Waals surface area contributed by atoms with E-state index in [1.165, 1.54) is 0 Å². The first kappa shape index (κ1) is 12.9. The van der Waals surface area contributed by atoms with Crippen molar-refractivity contribution in [1.82, 2.24) is 5.43 Å². The number of fused-ring (bicyclic) bond motifs is 3. The number of rotatable bonds is 3. The first-order valence-electron chi connectivity index (χ1n) is 7.30. The summed E-state index contributed by atoms with van der Waals surface area (Å²) in [5.74, 6) is 0. The van der Waals surface area contributed by atoms with Crippen LogP contribution in [0.2, 0.25) is 0 Å². The van der Waals surface area contributed by atoms with Crippen molar-refractivity contribution in [1.29, 1.82) is 0 Å². The zero-order valence-corrected chi connectivity index (χ0v) is 12.3. The van der Waals surface area contributed by atoms with Crippen molar-refractivity contribution in [2.24, 2.45) is 0 Å². The average molecular weight is 288 g/mol. The van der Waals surface area contributed by atoms with Crippen LogP contribution in [0.1, 0.15) is 0 Å². The maximum atomic E-state index is 6.10. The predicted molar refractivity (Wildman–Crippen MR) is 91.8 cm³/mol. The molecule has 0 aliphatic carbocycles. The Hall–Kier alpha value is -2.78. The molecule has 0 bridgehead atoms. The highest BCUT2D eigenvalue weighted by atomic mass is 16.3. The summed E-state index contributed by atoms with van der Waals surface area (Å²) in [5, 5.41) is 2.31. The molecule has 0 saturated carbocycles. The Balaban J connectivity index is 1.97. The lowest BCUT2D eigenvalue weighted by molar-refractivity contribution is 0.670. The van der Waals surface area contributed by atoms with Gasteiger partial charge in [0.15, 0.2) is 0 Å². The van der Waals surface area contributed by atoms with E-state index >= 15 is 0 Å². The van der Waals surface area contributed by atoms with Gasteiger partial charge in [-0.25, -0.2) is 5.43 Å². The van der Waals surface area contributed by atoms with Gasteiger partial charge < -0.3 is 9.84 Å². The molecule has 4 aromatic rings. The van der Waals surface area contributed by atoms with E-state index in [0.717, 1.165) is 38.8 Å². The molecule has 0 fully saturated rings. The molecule has 0 unspecified atom stereocenters. The summed E-state index contributed by atoms with van der Waals surface area (Å²) < 4.78 is 6.10. The van der Waals surface area contributed by atoms with E-state index in [2.05, 4.69) is 47.2 Å². The van der Waals surface area contributed by atoms with Gasteiger partial charge in [-0.3, -0.25) is 0 Å². The number of hydrogen-bond donors (Lipinski definition) is 2. The highest BCUT2D eigenvalue weighted by Gasteiger charge is 2.11. The molecular weight excluding hydrogens is 272 g/mol. The van der Waals surface area contributed by atoms with E-state index in [4.69, 9.17) is 4.42 Å². The van der Waals surface area contributed by atoms with E-state index in [-0.39, 0.29) is 0 Å². The Labute approximate surface area is 128 Å². The number of furan rings is 1. The quantitative estimate of drug-likeness (QED) is 0.532. The van der Waals surface area contributed by atoms with Crippen molar-refractivity contribution >= 4 is 27.6 Å². The lowest BCUT2D eigenvalue weighted by Gasteiger charge is -2.07. The summed E-state index contributed by atoms with van der Waals surface area (Å²) in [4.78, 5) is 0.